The minimum atomic E-state index is -1.31. The second-order valence-corrected chi connectivity index (χ2v) is 8.86. The number of hydrogen-bond acceptors (Lipinski definition) is 12. The maximum Gasteiger partial charge on any atom is 0.303 e. The first-order chi connectivity index (χ1) is 17.9. The molecule has 0 amide bonds. The number of thiocarbonyl (C=S) groups is 1. The van der Waals surface area contributed by atoms with Crippen molar-refractivity contribution < 1.29 is 42.9 Å². The van der Waals surface area contributed by atoms with Gasteiger partial charge in [0.25, 0.3) is 0 Å². The Bertz CT molecular complexity index is 1050. The largest absolute Gasteiger partial charge is 0.463 e. The van der Waals surface area contributed by atoms with E-state index in [1.165, 1.54) is 6.92 Å². The van der Waals surface area contributed by atoms with Crippen molar-refractivity contribution in [3.63, 3.8) is 0 Å². The molecule has 5 atom stereocenters. The van der Waals surface area contributed by atoms with Crippen LogP contribution in [0.15, 0.2) is 29.4 Å². The molecule has 2 rings (SSSR count). The number of nitrogens with one attached hydrogen (secondary N) is 2. The van der Waals surface area contributed by atoms with Crippen LogP contribution in [0.3, 0.4) is 0 Å². The Balaban J connectivity index is 2.25. The summed E-state index contributed by atoms with van der Waals surface area (Å²) in [6, 6.07) is 7.60. The van der Waals surface area contributed by atoms with Crippen LogP contribution >= 0.6 is 12.2 Å². The van der Waals surface area contributed by atoms with Crippen molar-refractivity contribution in [1.82, 2.24) is 10.7 Å². The number of hydrogen-bond donors (Lipinski definition) is 2. The lowest BCUT2D eigenvalue weighted by Gasteiger charge is -2.44. The van der Waals surface area contributed by atoms with E-state index in [4.69, 9.17) is 35.9 Å². The van der Waals surface area contributed by atoms with E-state index in [1.807, 2.05) is 43.3 Å². The summed E-state index contributed by atoms with van der Waals surface area (Å²) in [6.07, 6.45) is -4.63. The molecule has 1 fully saturated rings. The van der Waals surface area contributed by atoms with Gasteiger partial charge in [-0.15, -0.1) is 0 Å². The molecule has 0 aliphatic carbocycles. The molecule has 0 spiro atoms. The van der Waals surface area contributed by atoms with Crippen LogP contribution in [0.25, 0.3) is 0 Å². The highest BCUT2D eigenvalue weighted by molar-refractivity contribution is 7.80. The number of hydrazone groups is 1. The van der Waals surface area contributed by atoms with Crippen molar-refractivity contribution in [3.05, 3.63) is 29.8 Å². The number of carbonyl (C=O) groups is 4. The highest BCUT2D eigenvalue weighted by atomic mass is 32.1. The van der Waals surface area contributed by atoms with E-state index in [9.17, 15) is 19.2 Å². The number of rotatable bonds is 9. The second-order valence-electron chi connectivity index (χ2n) is 8.45. The summed E-state index contributed by atoms with van der Waals surface area (Å²) in [5, 5.41) is 6.87. The molecule has 0 saturated carbocycles. The molecule has 0 aromatic heterocycles. The minimum absolute atomic E-state index is 0.0212. The summed E-state index contributed by atoms with van der Waals surface area (Å²) in [5.41, 5.74) is 4.46. The van der Waals surface area contributed by atoms with E-state index in [2.05, 4.69) is 15.8 Å². The molecule has 13 nitrogen and oxygen atoms in total. The van der Waals surface area contributed by atoms with E-state index in [0.717, 1.165) is 32.0 Å². The summed E-state index contributed by atoms with van der Waals surface area (Å²) in [6.45, 7) is 4.27. The van der Waals surface area contributed by atoms with Gasteiger partial charge in [0.1, 0.15) is 12.7 Å². The lowest BCUT2D eigenvalue weighted by molar-refractivity contribution is -0.254. The molecule has 1 saturated heterocycles. The number of carbonyl (C=O) groups excluding carboxylic acids is 4. The van der Waals surface area contributed by atoms with Gasteiger partial charge in [-0.2, -0.15) is 5.10 Å². The summed E-state index contributed by atoms with van der Waals surface area (Å²) in [7, 11) is 3.87. The van der Waals surface area contributed by atoms with E-state index in [1.54, 1.807) is 6.21 Å². The molecule has 14 heteroatoms. The molecule has 2 N–H and O–H groups in total. The topological polar surface area (TPSA) is 154 Å². The highest BCUT2D eigenvalue weighted by Crippen LogP contribution is 2.28. The maximum atomic E-state index is 11.9. The maximum absolute atomic E-state index is 11.9. The van der Waals surface area contributed by atoms with Crippen LogP contribution in [0.2, 0.25) is 0 Å². The van der Waals surface area contributed by atoms with Crippen molar-refractivity contribution in [2.45, 2.75) is 58.3 Å². The summed E-state index contributed by atoms with van der Waals surface area (Å²) in [4.78, 5) is 49.0. The van der Waals surface area contributed by atoms with Crippen LogP contribution in [-0.2, 0) is 42.9 Å². The Kier molecular flexibility index (Phi) is 11.4. The third-order valence-corrected chi connectivity index (χ3v) is 5.26. The van der Waals surface area contributed by atoms with Gasteiger partial charge in [-0.3, -0.25) is 24.6 Å². The van der Waals surface area contributed by atoms with E-state index in [0.29, 0.717) is 0 Å². The van der Waals surface area contributed by atoms with Crippen molar-refractivity contribution >= 4 is 53.1 Å². The van der Waals surface area contributed by atoms with Crippen LogP contribution in [0.4, 0.5) is 5.69 Å². The first-order valence-corrected chi connectivity index (χ1v) is 12.0. The average Bonchev–Trinajstić information content (AvgIpc) is 2.81. The van der Waals surface area contributed by atoms with Gasteiger partial charge >= 0.3 is 23.9 Å². The molecule has 38 heavy (non-hydrogen) atoms. The lowest BCUT2D eigenvalue weighted by Crippen LogP contribution is -2.66. The van der Waals surface area contributed by atoms with Crippen molar-refractivity contribution in [2.75, 3.05) is 25.6 Å². The molecular formula is C24H32N4O9S. The second kappa shape index (κ2) is 14.2. The number of benzene rings is 1. The van der Waals surface area contributed by atoms with Gasteiger partial charge in [0.05, 0.1) is 6.21 Å². The molecular weight excluding hydrogens is 520 g/mol. The number of esters is 4. The zero-order valence-electron chi connectivity index (χ0n) is 22.0. The minimum Gasteiger partial charge on any atom is -0.463 e. The van der Waals surface area contributed by atoms with Crippen LogP contribution in [0.5, 0.6) is 0 Å². The fraction of sp³-hybridized carbons (Fsp3) is 0.500. The fourth-order valence-electron chi connectivity index (χ4n) is 3.53. The molecule has 1 aliphatic rings. The molecule has 0 radical (unpaired) electrons. The zero-order chi connectivity index (χ0) is 28.4. The average molecular weight is 553 g/mol. The first-order valence-electron chi connectivity index (χ1n) is 11.5. The van der Waals surface area contributed by atoms with E-state index >= 15 is 0 Å². The smallest absolute Gasteiger partial charge is 0.303 e. The van der Waals surface area contributed by atoms with Gasteiger partial charge in [-0.25, -0.2) is 0 Å². The Labute approximate surface area is 225 Å². The molecule has 1 aromatic carbocycles. The SMILES string of the molecule is CC(=O)OC[C@H]1O[C@@H](NC(=S)N/N=C/c2ccc(N(C)C)cc2)[C@H](OC(C)=O)[C@@H](OC(C)=O)[C@H]1OC(C)=O. The molecule has 1 heterocycles. The highest BCUT2D eigenvalue weighted by Gasteiger charge is 2.52. The van der Waals surface area contributed by atoms with Crippen molar-refractivity contribution in [3.8, 4) is 0 Å². The third-order valence-electron chi connectivity index (χ3n) is 5.05. The van der Waals surface area contributed by atoms with E-state index in [-0.39, 0.29) is 11.7 Å². The number of nitrogens with zero attached hydrogens (tertiary/aromatic N) is 2. The molecule has 1 aliphatic heterocycles. The normalized spacial score (nSPS) is 22.6. The first kappa shape index (κ1) is 30.4. The van der Waals surface area contributed by atoms with Gasteiger partial charge in [0.2, 0.25) is 0 Å². The lowest BCUT2D eigenvalue weighted by atomic mass is 9.97. The Morgan fingerprint density at radius 1 is 0.921 bits per heavy atom. The summed E-state index contributed by atoms with van der Waals surface area (Å²) >= 11 is 5.30. The third kappa shape index (κ3) is 9.59. The summed E-state index contributed by atoms with van der Waals surface area (Å²) < 4.78 is 27.1. The standard InChI is InChI=1S/C24H32N4O9S/c1-13(29)33-12-19-20(34-14(2)30)21(35-15(3)31)22(36-16(4)32)23(37-19)26-24(38)27-25-11-17-7-9-18(10-8-17)28(5)6/h7-11,19-23H,12H2,1-6H3,(H2,26,27,38)/b25-11+/t19-,20+,21+,22-,23-/m1/s1. The molecule has 1 aromatic rings. The van der Waals surface area contributed by atoms with E-state index < -0.39 is 54.5 Å². The number of anilines is 1. The summed E-state index contributed by atoms with van der Waals surface area (Å²) in [5.74, 6) is -2.79. The molecule has 208 valence electrons. The predicted molar refractivity (Wildman–Crippen MR) is 139 cm³/mol. The fourth-order valence-corrected chi connectivity index (χ4v) is 3.70. The number of ether oxygens (including phenoxy) is 5. The Morgan fingerprint density at radius 3 is 2.00 bits per heavy atom. The van der Waals surface area contributed by atoms with Crippen LogP contribution in [0, 0.1) is 0 Å². The Hall–Kier alpha value is -3.78. The van der Waals surface area contributed by atoms with Gasteiger partial charge < -0.3 is 33.9 Å². The van der Waals surface area contributed by atoms with Gasteiger partial charge in [-0.1, -0.05) is 12.1 Å². The quantitative estimate of drug-likeness (QED) is 0.145. The molecule has 0 bridgehead atoms. The van der Waals surface area contributed by atoms with Gasteiger partial charge in [0, 0.05) is 47.5 Å². The van der Waals surface area contributed by atoms with Crippen molar-refractivity contribution in [1.29, 1.82) is 0 Å². The predicted octanol–water partition coefficient (Wildman–Crippen LogP) is 0.634. The Morgan fingerprint density at radius 2 is 1.47 bits per heavy atom. The van der Waals surface area contributed by atoms with Gasteiger partial charge in [0.15, 0.2) is 29.7 Å². The van der Waals surface area contributed by atoms with Crippen LogP contribution in [0.1, 0.15) is 33.3 Å². The van der Waals surface area contributed by atoms with Crippen molar-refractivity contribution in [2.24, 2.45) is 5.10 Å². The van der Waals surface area contributed by atoms with Crippen LogP contribution in [-0.4, -0.2) is 86.6 Å². The zero-order valence-corrected chi connectivity index (χ0v) is 22.8. The monoisotopic (exact) mass is 552 g/mol. The molecule has 0 unspecified atom stereocenters. The van der Waals surface area contributed by atoms with Crippen LogP contribution < -0.4 is 15.6 Å². The van der Waals surface area contributed by atoms with Gasteiger partial charge in [-0.05, 0) is 29.9 Å².